The largest absolute Gasteiger partial charge is 0.423 e. The van der Waals surface area contributed by atoms with Crippen LogP contribution in [-0.4, -0.2) is 71.4 Å². The van der Waals surface area contributed by atoms with Crippen LogP contribution in [0.3, 0.4) is 0 Å². The minimum Gasteiger partial charge on any atom is -0.423 e. The van der Waals surface area contributed by atoms with Crippen LogP contribution < -0.4 is 16.8 Å². The summed E-state index contributed by atoms with van der Waals surface area (Å²) in [7, 11) is -4.57. The molecule has 0 unspecified atom stereocenters. The standard InChI is InChI=1S/C11H21N4O7S.C3H7.Y/c1-5(17)14-10-7(15-11(12)13)3-9(23(19,20)21)22-8(10)2-6(18)4-16;1-3-2;/h2,6-10,16,18H,3-4H2,1H3,(H,14,17)(H4,12,13,15)(H,19,20,21);3H,1-2H3;/q2*-1;/t6-,7-,8-,9+,10+;;/m0../s1. The Hall–Kier alpha value is -0.366. The van der Waals surface area contributed by atoms with Gasteiger partial charge in [-0.05, 0) is 12.2 Å². The van der Waals surface area contributed by atoms with Gasteiger partial charge >= 0.3 is 0 Å². The normalized spacial score (nSPS) is 25.9. The van der Waals surface area contributed by atoms with Crippen LogP contribution in [0.25, 0.3) is 0 Å². The average Bonchev–Trinajstić information content (AvgIpc) is 2.48. The summed E-state index contributed by atoms with van der Waals surface area (Å²) in [5.74, 6) is -0.806. The second-order valence-electron chi connectivity index (χ2n) is 5.65. The number of aliphatic hydroxyl groups excluding tert-OH is 2. The third kappa shape index (κ3) is 11.3. The molecule has 0 aliphatic carbocycles. The number of aliphatic imine (C=N–C) groups is 1. The molecule has 0 aromatic rings. The molecule has 8 N–H and O–H groups in total. The van der Waals surface area contributed by atoms with Crippen molar-refractivity contribution in [3.8, 4) is 0 Å². The number of carbonyl (C=O) groups is 1. The minimum atomic E-state index is -4.57. The number of aliphatic hydroxyl groups is 2. The van der Waals surface area contributed by atoms with E-state index in [-0.39, 0.29) is 45.1 Å². The van der Waals surface area contributed by atoms with Gasteiger partial charge in [-0.15, -0.1) is 0 Å². The fourth-order valence-electron chi connectivity index (χ4n) is 2.25. The summed E-state index contributed by atoms with van der Waals surface area (Å²) in [6.07, 6.45) is 0.292. The van der Waals surface area contributed by atoms with Crippen molar-refractivity contribution >= 4 is 22.0 Å². The number of rotatable bonds is 6. The van der Waals surface area contributed by atoms with E-state index < -0.39 is 52.4 Å². The fraction of sp³-hybridized carbons (Fsp3) is 0.714. The van der Waals surface area contributed by atoms with Crippen LogP contribution in [0, 0.1) is 12.8 Å². The van der Waals surface area contributed by atoms with Gasteiger partial charge in [0.25, 0.3) is 10.1 Å². The molecule has 0 saturated carbocycles. The molecule has 0 bridgehead atoms. The van der Waals surface area contributed by atoms with Gasteiger partial charge in [-0.25, -0.2) is 4.99 Å². The number of ether oxygens (including phenoxy) is 1. The second-order valence-corrected chi connectivity index (χ2v) is 7.20. The molecule has 13 heteroatoms. The fourth-order valence-corrected chi connectivity index (χ4v) is 2.96. The van der Waals surface area contributed by atoms with Crippen molar-refractivity contribution in [2.24, 2.45) is 16.5 Å². The van der Waals surface area contributed by atoms with Gasteiger partial charge in [0.2, 0.25) is 5.91 Å². The zero-order chi connectivity index (χ0) is 20.5. The quantitative estimate of drug-likeness (QED) is 0.106. The van der Waals surface area contributed by atoms with Crippen LogP contribution in [0.4, 0.5) is 0 Å². The van der Waals surface area contributed by atoms with Crippen molar-refractivity contribution in [3.63, 3.8) is 0 Å². The molecule has 1 fully saturated rings. The molecular weight excluding hydrogens is 457 g/mol. The van der Waals surface area contributed by atoms with E-state index in [2.05, 4.69) is 10.3 Å². The number of hydrogen-bond donors (Lipinski definition) is 6. The Labute approximate surface area is 184 Å². The predicted molar refractivity (Wildman–Crippen MR) is 95.1 cm³/mol. The van der Waals surface area contributed by atoms with E-state index in [4.69, 9.17) is 21.3 Å². The van der Waals surface area contributed by atoms with Gasteiger partial charge in [-0.2, -0.15) is 22.3 Å². The van der Waals surface area contributed by atoms with Crippen LogP contribution >= 0.6 is 0 Å². The number of hydrogen-bond acceptors (Lipinski definition) is 7. The Morgan fingerprint density at radius 1 is 1.41 bits per heavy atom. The van der Waals surface area contributed by atoms with Gasteiger partial charge < -0.3 is 38.2 Å². The number of nitrogens with zero attached hydrogens (tertiary/aromatic N) is 1. The van der Waals surface area contributed by atoms with Crippen molar-refractivity contribution in [1.29, 1.82) is 0 Å². The molecule has 27 heavy (non-hydrogen) atoms. The molecule has 0 spiro atoms. The number of nitrogens with two attached hydrogens (primary N) is 2. The molecule has 157 valence electrons. The summed E-state index contributed by atoms with van der Waals surface area (Å²) < 4.78 is 37.1. The van der Waals surface area contributed by atoms with Crippen molar-refractivity contribution in [1.82, 2.24) is 5.32 Å². The third-order valence-electron chi connectivity index (χ3n) is 3.13. The Morgan fingerprint density at radius 2 is 1.93 bits per heavy atom. The molecule has 5 atom stereocenters. The van der Waals surface area contributed by atoms with Gasteiger partial charge in [0, 0.05) is 58.7 Å². The second kappa shape index (κ2) is 13.8. The topological polar surface area (TPSA) is 198 Å². The van der Waals surface area contributed by atoms with Crippen LogP contribution in [0.1, 0.15) is 27.2 Å². The summed E-state index contributed by atoms with van der Waals surface area (Å²) >= 11 is 0. The summed E-state index contributed by atoms with van der Waals surface area (Å²) in [6.45, 7) is 4.58. The van der Waals surface area contributed by atoms with Gasteiger partial charge in [0.1, 0.15) is 0 Å². The Morgan fingerprint density at radius 3 is 2.30 bits per heavy atom. The van der Waals surface area contributed by atoms with Gasteiger partial charge in [-0.3, -0.25) is 15.8 Å². The molecular formula is C14H28N4O7SY-2. The van der Waals surface area contributed by atoms with Crippen LogP contribution in [0.2, 0.25) is 0 Å². The number of carbonyl (C=O) groups excluding carboxylic acids is 1. The SMILES string of the molecule is CC(=O)N[C@@H]1[C@@H](N=C(N)N)C[C@@H](S(=O)(=O)O)O[C@H]1[CH-][C@H](O)CO.C[CH-]C.[Y]. The maximum Gasteiger partial charge on any atom is 0.292 e. The predicted octanol–water partition coefficient (Wildman–Crippen LogP) is -2.08. The number of amides is 1. The summed E-state index contributed by atoms with van der Waals surface area (Å²) in [6, 6.07) is -1.81. The first-order valence-corrected chi connectivity index (χ1v) is 9.32. The zero-order valence-corrected chi connectivity index (χ0v) is 19.2. The van der Waals surface area contributed by atoms with E-state index >= 15 is 0 Å². The Balaban J connectivity index is 0. The van der Waals surface area contributed by atoms with E-state index in [0.29, 0.717) is 0 Å². The van der Waals surface area contributed by atoms with Crippen LogP contribution in [0.5, 0.6) is 0 Å². The summed E-state index contributed by atoms with van der Waals surface area (Å²) in [5.41, 5.74) is 8.97. The molecule has 0 aromatic carbocycles. The van der Waals surface area contributed by atoms with Crippen molar-refractivity contribution in [2.45, 2.75) is 56.9 Å². The Kier molecular flexibility index (Phi) is 14.7. The first kappa shape index (κ1) is 28.8. The van der Waals surface area contributed by atoms with Crippen LogP contribution in [0.15, 0.2) is 4.99 Å². The van der Waals surface area contributed by atoms with Crippen molar-refractivity contribution in [2.75, 3.05) is 6.61 Å². The van der Waals surface area contributed by atoms with E-state index in [1.165, 1.54) is 6.92 Å². The van der Waals surface area contributed by atoms with Gasteiger partial charge in [-0.1, -0.05) is 0 Å². The number of nitrogens with one attached hydrogen (secondary N) is 1. The van der Waals surface area contributed by atoms with E-state index in [1.807, 2.05) is 20.3 Å². The minimum absolute atomic E-state index is 0. The maximum atomic E-state index is 11.4. The molecule has 1 amide bonds. The van der Waals surface area contributed by atoms with Gasteiger partial charge in [0.15, 0.2) is 11.4 Å². The molecule has 1 radical (unpaired) electrons. The maximum absolute atomic E-state index is 11.4. The first-order valence-electron chi connectivity index (χ1n) is 7.81. The summed E-state index contributed by atoms with van der Waals surface area (Å²) in [4.78, 5) is 15.2. The zero-order valence-electron chi connectivity index (χ0n) is 15.5. The van der Waals surface area contributed by atoms with E-state index in [9.17, 15) is 22.9 Å². The smallest absolute Gasteiger partial charge is 0.292 e. The monoisotopic (exact) mass is 485 g/mol. The molecule has 1 aliphatic heterocycles. The third-order valence-corrected chi connectivity index (χ3v) is 4.10. The first-order chi connectivity index (χ1) is 12.0. The molecule has 0 aromatic heterocycles. The average molecular weight is 485 g/mol. The Bertz CT molecular complexity index is 572. The molecule has 1 saturated heterocycles. The molecule has 1 heterocycles. The van der Waals surface area contributed by atoms with Gasteiger partial charge in [0.05, 0.1) is 6.04 Å². The van der Waals surface area contributed by atoms with E-state index in [1.54, 1.807) is 0 Å². The molecule has 11 nitrogen and oxygen atoms in total. The van der Waals surface area contributed by atoms with Crippen molar-refractivity contribution < 1.29 is 65.4 Å². The molecule has 1 rings (SSSR count). The number of guanidine groups is 1. The van der Waals surface area contributed by atoms with Crippen molar-refractivity contribution in [3.05, 3.63) is 12.8 Å². The summed E-state index contributed by atoms with van der Waals surface area (Å²) in [5, 5.41) is 20.9. The molecule has 1 aliphatic rings. The van der Waals surface area contributed by atoms with E-state index in [0.717, 1.165) is 6.42 Å². The van der Waals surface area contributed by atoms with Crippen LogP contribution in [-0.2, 0) is 52.4 Å².